The topological polar surface area (TPSA) is 7.68 Å². The lowest BCUT2D eigenvalue weighted by atomic mass is 9.89. The van der Waals surface area contributed by atoms with E-state index in [1.54, 1.807) is 5.01 Å². The minimum Gasteiger partial charge on any atom is -0.255 e. The lowest BCUT2D eigenvalue weighted by molar-refractivity contribution is -1.02. The Morgan fingerprint density at radius 1 is 0.882 bits per heavy atom. The molecule has 0 amide bonds. The molecule has 2 nitrogen and oxygen atoms in total. The highest BCUT2D eigenvalue weighted by molar-refractivity contribution is 4.67. The maximum Gasteiger partial charge on any atom is 0.105 e. The van der Waals surface area contributed by atoms with Crippen LogP contribution in [0.4, 0.5) is 0 Å². The van der Waals surface area contributed by atoms with Crippen LogP contribution in [-0.4, -0.2) is 31.7 Å². The van der Waals surface area contributed by atoms with Crippen molar-refractivity contribution in [3.05, 3.63) is 0 Å². The highest BCUT2D eigenvalue weighted by atomic mass is 15.6. The van der Waals surface area contributed by atoms with Gasteiger partial charge in [-0.3, -0.25) is 5.01 Å². The van der Waals surface area contributed by atoms with Gasteiger partial charge < -0.3 is 0 Å². The van der Waals surface area contributed by atoms with Crippen LogP contribution < -0.4 is 5.01 Å². The van der Waals surface area contributed by atoms with Crippen LogP contribution in [0.2, 0.25) is 0 Å². The summed E-state index contributed by atoms with van der Waals surface area (Å²) in [6.07, 6.45) is 14.6. The molecule has 1 N–H and O–H groups in total. The predicted octanol–water partition coefficient (Wildman–Crippen LogP) is 2.26. The second-order valence-corrected chi connectivity index (χ2v) is 6.36. The molecule has 2 saturated carbocycles. The van der Waals surface area contributed by atoms with Crippen LogP contribution in [0.1, 0.15) is 64.2 Å². The Bertz CT molecular complexity index is 205. The fourth-order valence-corrected chi connectivity index (χ4v) is 3.73. The molecular formula is C15H31N2+. The molecule has 2 aliphatic carbocycles. The summed E-state index contributed by atoms with van der Waals surface area (Å²) in [6, 6.07) is 0.900. The first kappa shape index (κ1) is 13.4. The zero-order chi connectivity index (χ0) is 12.1. The van der Waals surface area contributed by atoms with E-state index in [0.29, 0.717) is 0 Å². The molecule has 2 aliphatic rings. The van der Waals surface area contributed by atoms with Gasteiger partial charge in [0.25, 0.3) is 0 Å². The molecule has 1 atom stereocenters. The number of quaternary nitrogens is 1. The van der Waals surface area contributed by atoms with Crippen molar-refractivity contribution in [3.8, 4) is 0 Å². The highest BCUT2D eigenvalue weighted by Crippen LogP contribution is 2.23. The minimum atomic E-state index is 0.900. The molecule has 0 spiro atoms. The summed E-state index contributed by atoms with van der Waals surface area (Å²) in [7, 11) is 4.72. The molecule has 0 aromatic heterocycles. The first-order valence-electron chi connectivity index (χ1n) is 7.82. The first-order chi connectivity index (χ1) is 8.27. The van der Waals surface area contributed by atoms with Crippen LogP contribution in [0, 0.1) is 5.92 Å². The van der Waals surface area contributed by atoms with Gasteiger partial charge in [-0.2, -0.15) is 5.01 Å². The van der Waals surface area contributed by atoms with Crippen molar-refractivity contribution in [2.45, 2.75) is 70.3 Å². The number of nitrogens with one attached hydrogen (secondary N) is 1. The van der Waals surface area contributed by atoms with Crippen LogP contribution >= 0.6 is 0 Å². The summed E-state index contributed by atoms with van der Waals surface area (Å²) >= 11 is 0. The Kier molecular flexibility index (Phi) is 5.30. The van der Waals surface area contributed by atoms with E-state index in [0.717, 1.165) is 12.0 Å². The van der Waals surface area contributed by atoms with E-state index in [1.807, 2.05) is 0 Å². The maximum absolute atomic E-state index is 2.59. The summed E-state index contributed by atoms with van der Waals surface area (Å²) in [4.78, 5) is 0. The summed E-state index contributed by atoms with van der Waals surface area (Å²) in [5.74, 6) is 0.979. The molecule has 0 radical (unpaired) electrons. The van der Waals surface area contributed by atoms with Crippen molar-refractivity contribution in [2.75, 3.05) is 20.6 Å². The maximum atomic E-state index is 2.59. The van der Waals surface area contributed by atoms with E-state index in [9.17, 15) is 0 Å². The largest absolute Gasteiger partial charge is 0.255 e. The molecule has 0 bridgehead atoms. The molecule has 2 heteroatoms. The Labute approximate surface area is 107 Å². The third-order valence-corrected chi connectivity index (χ3v) is 5.05. The van der Waals surface area contributed by atoms with E-state index in [1.165, 1.54) is 70.8 Å². The van der Waals surface area contributed by atoms with Gasteiger partial charge in [0, 0.05) is 26.4 Å². The zero-order valence-corrected chi connectivity index (χ0v) is 11.9. The highest BCUT2D eigenvalue weighted by Gasteiger charge is 2.26. The lowest BCUT2D eigenvalue weighted by Gasteiger charge is -2.36. The van der Waals surface area contributed by atoms with Crippen LogP contribution in [-0.2, 0) is 0 Å². The van der Waals surface area contributed by atoms with Gasteiger partial charge >= 0.3 is 0 Å². The van der Waals surface area contributed by atoms with Crippen molar-refractivity contribution in [1.29, 1.82) is 0 Å². The molecule has 2 fully saturated rings. The van der Waals surface area contributed by atoms with E-state index in [-0.39, 0.29) is 0 Å². The molecule has 100 valence electrons. The van der Waals surface area contributed by atoms with Crippen molar-refractivity contribution in [3.63, 3.8) is 0 Å². The predicted molar refractivity (Wildman–Crippen MR) is 73.0 cm³/mol. The van der Waals surface area contributed by atoms with Crippen molar-refractivity contribution >= 4 is 0 Å². The normalized spacial score (nSPS) is 26.3. The Morgan fingerprint density at radius 2 is 1.41 bits per heavy atom. The zero-order valence-electron chi connectivity index (χ0n) is 11.9. The summed E-state index contributed by atoms with van der Waals surface area (Å²) in [5.41, 5.74) is 0. The van der Waals surface area contributed by atoms with Gasteiger partial charge in [-0.1, -0.05) is 25.7 Å². The Hall–Kier alpha value is -0.0800. The number of rotatable bonds is 4. The van der Waals surface area contributed by atoms with E-state index >= 15 is 0 Å². The number of hydrogen-bond donors (Lipinski definition) is 1. The van der Waals surface area contributed by atoms with Crippen LogP contribution in [0.5, 0.6) is 0 Å². The van der Waals surface area contributed by atoms with E-state index in [2.05, 4.69) is 19.1 Å². The van der Waals surface area contributed by atoms with Gasteiger partial charge in [0.1, 0.15) is 6.04 Å². The second-order valence-electron chi connectivity index (χ2n) is 6.36. The second kappa shape index (κ2) is 6.75. The average Bonchev–Trinajstić information content (AvgIpc) is 2.40. The van der Waals surface area contributed by atoms with Gasteiger partial charge in [-0.05, 0) is 31.6 Å². The molecule has 0 aromatic carbocycles. The fourth-order valence-electron chi connectivity index (χ4n) is 3.73. The molecule has 0 aromatic rings. The molecule has 0 saturated heterocycles. The fraction of sp³-hybridized carbons (Fsp3) is 1.00. The van der Waals surface area contributed by atoms with Crippen LogP contribution in [0.25, 0.3) is 0 Å². The summed E-state index contributed by atoms with van der Waals surface area (Å²) in [6.45, 7) is 1.32. The van der Waals surface area contributed by atoms with Crippen LogP contribution in [0.3, 0.4) is 0 Å². The van der Waals surface area contributed by atoms with Crippen molar-refractivity contribution in [1.82, 2.24) is 5.01 Å². The lowest BCUT2D eigenvalue weighted by Crippen LogP contribution is -3.18. The number of nitrogens with zero attached hydrogens (tertiary/aromatic N) is 1. The van der Waals surface area contributed by atoms with E-state index in [4.69, 9.17) is 0 Å². The SMILES string of the molecule is CN(CC1CCCCC1)[NH+](C)C1CCCCC1. The van der Waals surface area contributed by atoms with Crippen LogP contribution in [0.15, 0.2) is 0 Å². The molecule has 2 rings (SSSR count). The van der Waals surface area contributed by atoms with Gasteiger partial charge in [0.2, 0.25) is 0 Å². The van der Waals surface area contributed by atoms with Gasteiger partial charge in [0.05, 0.1) is 7.05 Å². The average molecular weight is 239 g/mol. The molecular weight excluding hydrogens is 208 g/mol. The smallest absolute Gasteiger partial charge is 0.105 e. The quantitative estimate of drug-likeness (QED) is 0.740. The van der Waals surface area contributed by atoms with Crippen molar-refractivity contribution < 1.29 is 5.01 Å². The summed E-state index contributed by atoms with van der Waals surface area (Å²) in [5, 5.41) is 4.27. The van der Waals surface area contributed by atoms with Crippen molar-refractivity contribution in [2.24, 2.45) is 5.92 Å². The van der Waals surface area contributed by atoms with Gasteiger partial charge in [-0.15, -0.1) is 0 Å². The van der Waals surface area contributed by atoms with E-state index < -0.39 is 0 Å². The molecule has 0 aliphatic heterocycles. The third-order valence-electron chi connectivity index (χ3n) is 5.05. The first-order valence-corrected chi connectivity index (χ1v) is 7.82. The van der Waals surface area contributed by atoms with Gasteiger partial charge in [0.15, 0.2) is 0 Å². The number of hydrogen-bond acceptors (Lipinski definition) is 1. The standard InChI is InChI=1S/C15H30N2/c1-16(13-14-9-5-3-6-10-14)17(2)15-11-7-4-8-12-15/h14-15H,3-13H2,1-2H3/p+1. The molecule has 17 heavy (non-hydrogen) atoms. The minimum absolute atomic E-state index is 0.900. The monoisotopic (exact) mass is 239 g/mol. The van der Waals surface area contributed by atoms with Gasteiger partial charge in [-0.25, -0.2) is 0 Å². The Balaban J connectivity index is 1.75. The molecule has 1 unspecified atom stereocenters. The summed E-state index contributed by atoms with van der Waals surface area (Å²) < 4.78 is 0. The third kappa shape index (κ3) is 3.96. The molecule has 0 heterocycles. The Morgan fingerprint density at radius 3 is 2.00 bits per heavy atom.